The van der Waals surface area contributed by atoms with Gasteiger partial charge in [0, 0.05) is 50.6 Å². The number of pyridine rings is 1. The van der Waals surface area contributed by atoms with Crippen LogP contribution in [0.3, 0.4) is 0 Å². The number of hydrogen-bond donors (Lipinski definition) is 1. The highest BCUT2D eigenvalue weighted by Gasteiger charge is 2.43. The molecule has 2 atom stereocenters. The molecule has 2 aromatic rings. The summed E-state index contributed by atoms with van der Waals surface area (Å²) in [6, 6.07) is 2.66. The number of ether oxygens (including phenoxy) is 3. The lowest BCUT2D eigenvalue weighted by Gasteiger charge is -2.34. The van der Waals surface area contributed by atoms with Crippen molar-refractivity contribution in [1.29, 1.82) is 0 Å². The monoisotopic (exact) mass is 561 g/mol. The van der Waals surface area contributed by atoms with Crippen molar-refractivity contribution in [3.05, 3.63) is 63.1 Å². The summed E-state index contributed by atoms with van der Waals surface area (Å²) >= 11 is 0. The van der Waals surface area contributed by atoms with E-state index in [9.17, 15) is 28.0 Å². The molecule has 2 unspecified atom stereocenters. The summed E-state index contributed by atoms with van der Waals surface area (Å²) in [5.41, 5.74) is -1.37. The van der Waals surface area contributed by atoms with Crippen LogP contribution < -0.4 is 15.5 Å². The van der Waals surface area contributed by atoms with E-state index in [1.54, 1.807) is 6.92 Å². The SMILES string of the molecule is CC1COC2Cn3cc(C(=O)NCc4ccc(F)cc4F)c(=O)c(OCOC(=O)N4CCN(C)CC4)c3C(=O)N12. The van der Waals surface area contributed by atoms with Crippen molar-refractivity contribution in [3.8, 4) is 5.75 Å². The fourth-order valence-electron chi connectivity index (χ4n) is 4.91. The number of nitrogens with one attached hydrogen (secondary N) is 1. The molecule has 0 aliphatic carbocycles. The number of carbonyl (C=O) groups excluding carboxylic acids is 3. The highest BCUT2D eigenvalue weighted by atomic mass is 19.1. The van der Waals surface area contributed by atoms with Gasteiger partial charge in [-0.25, -0.2) is 13.6 Å². The quantitative estimate of drug-likeness (QED) is 0.518. The number of amides is 3. The average Bonchev–Trinajstić information content (AvgIpc) is 3.30. The number of hydrogen-bond acceptors (Lipinski definition) is 8. The van der Waals surface area contributed by atoms with Crippen LogP contribution in [-0.2, 0) is 22.6 Å². The number of fused-ring (bicyclic) bond motifs is 2. The molecule has 1 aromatic carbocycles. The van der Waals surface area contributed by atoms with Crippen LogP contribution in [0.2, 0.25) is 0 Å². The molecule has 0 radical (unpaired) electrons. The molecule has 0 saturated carbocycles. The summed E-state index contributed by atoms with van der Waals surface area (Å²) in [6.07, 6.45) is -0.0199. The van der Waals surface area contributed by atoms with E-state index >= 15 is 0 Å². The lowest BCUT2D eigenvalue weighted by Crippen LogP contribution is -2.49. The van der Waals surface area contributed by atoms with Crippen molar-refractivity contribution in [2.24, 2.45) is 0 Å². The number of aromatic nitrogens is 1. The van der Waals surface area contributed by atoms with E-state index in [2.05, 4.69) is 10.2 Å². The smallest absolute Gasteiger partial charge is 0.412 e. The normalized spacial score (nSPS) is 20.6. The molecule has 0 bridgehead atoms. The van der Waals surface area contributed by atoms with Gasteiger partial charge in [0.15, 0.2) is 11.9 Å². The van der Waals surface area contributed by atoms with Gasteiger partial charge in [-0.15, -0.1) is 0 Å². The maximum atomic E-state index is 14.0. The third-order valence-corrected chi connectivity index (χ3v) is 7.19. The molecule has 14 heteroatoms. The Balaban J connectivity index is 1.39. The molecule has 214 valence electrons. The van der Waals surface area contributed by atoms with Crippen LogP contribution in [0.5, 0.6) is 5.75 Å². The minimum atomic E-state index is -0.904. The Morgan fingerprint density at radius 1 is 1.15 bits per heavy atom. The van der Waals surface area contributed by atoms with Gasteiger partial charge in [0.05, 0.1) is 19.2 Å². The number of nitrogens with zero attached hydrogens (tertiary/aromatic N) is 4. The number of rotatable bonds is 6. The lowest BCUT2D eigenvalue weighted by molar-refractivity contribution is 0.00382. The van der Waals surface area contributed by atoms with Crippen molar-refractivity contribution in [2.45, 2.75) is 32.3 Å². The van der Waals surface area contributed by atoms with Gasteiger partial charge >= 0.3 is 6.09 Å². The zero-order chi connectivity index (χ0) is 28.6. The van der Waals surface area contributed by atoms with Crippen LogP contribution in [-0.4, -0.2) is 96.1 Å². The fourth-order valence-corrected chi connectivity index (χ4v) is 4.91. The summed E-state index contributed by atoms with van der Waals surface area (Å²) in [6.45, 7) is 3.52. The molecule has 3 aliphatic heterocycles. The Hall–Kier alpha value is -4.04. The first kappa shape index (κ1) is 27.5. The molecule has 40 heavy (non-hydrogen) atoms. The van der Waals surface area contributed by atoms with Gasteiger partial charge < -0.3 is 38.8 Å². The molecular formula is C26H29F2N5O7. The maximum Gasteiger partial charge on any atom is 0.412 e. The minimum Gasteiger partial charge on any atom is -0.451 e. The first-order valence-corrected chi connectivity index (χ1v) is 12.8. The molecule has 3 aliphatic rings. The average molecular weight is 562 g/mol. The van der Waals surface area contributed by atoms with Crippen LogP contribution in [0.1, 0.15) is 33.3 Å². The number of likely N-dealkylation sites (N-methyl/N-ethyl adjacent to an activating group) is 1. The lowest BCUT2D eigenvalue weighted by atomic mass is 10.1. The van der Waals surface area contributed by atoms with E-state index < -0.39 is 53.7 Å². The van der Waals surface area contributed by atoms with Crippen LogP contribution in [0, 0.1) is 11.6 Å². The molecule has 1 aromatic heterocycles. The van der Waals surface area contributed by atoms with Gasteiger partial charge in [-0.2, -0.15) is 0 Å². The molecular weight excluding hydrogens is 532 g/mol. The van der Waals surface area contributed by atoms with Gasteiger partial charge in [-0.05, 0) is 20.0 Å². The van der Waals surface area contributed by atoms with Gasteiger partial charge in [0.25, 0.3) is 11.8 Å². The summed E-state index contributed by atoms with van der Waals surface area (Å²) in [4.78, 5) is 57.5. The molecule has 2 fully saturated rings. The molecule has 3 amide bonds. The second kappa shape index (κ2) is 11.2. The zero-order valence-electron chi connectivity index (χ0n) is 22.0. The fraction of sp³-hybridized carbons (Fsp3) is 0.462. The number of benzene rings is 1. The van der Waals surface area contributed by atoms with Gasteiger partial charge in [0.2, 0.25) is 18.0 Å². The van der Waals surface area contributed by atoms with E-state index in [1.165, 1.54) is 26.6 Å². The standard InChI is InChI=1S/C26H29F2N5O7/c1-15-13-38-20-12-32-11-18(24(35)29-10-16-3-4-17(27)9-19(16)28)22(34)23(21(32)25(36)33(15)20)39-14-40-26(37)31-7-5-30(2)6-8-31/h3-4,9,11,15,20H,5-8,10,12-14H2,1-2H3,(H,29,35). The number of piperazine rings is 1. The van der Waals surface area contributed by atoms with E-state index in [0.29, 0.717) is 38.9 Å². The van der Waals surface area contributed by atoms with Gasteiger partial charge in [-0.3, -0.25) is 14.4 Å². The Morgan fingerprint density at radius 2 is 1.90 bits per heavy atom. The third kappa shape index (κ3) is 5.36. The summed E-state index contributed by atoms with van der Waals surface area (Å²) in [7, 11) is 1.94. The second-order valence-electron chi connectivity index (χ2n) is 9.93. The zero-order valence-corrected chi connectivity index (χ0v) is 22.0. The first-order chi connectivity index (χ1) is 19.1. The van der Waals surface area contributed by atoms with Crippen molar-refractivity contribution in [2.75, 3.05) is 46.6 Å². The predicted molar refractivity (Wildman–Crippen MR) is 135 cm³/mol. The Kier molecular flexibility index (Phi) is 7.72. The van der Waals surface area contributed by atoms with Crippen molar-refractivity contribution in [1.82, 2.24) is 24.6 Å². The van der Waals surface area contributed by atoms with Crippen LogP contribution in [0.15, 0.2) is 29.2 Å². The molecule has 1 N–H and O–H groups in total. The Bertz CT molecular complexity index is 1390. The molecule has 12 nitrogen and oxygen atoms in total. The second-order valence-corrected chi connectivity index (χ2v) is 9.93. The van der Waals surface area contributed by atoms with Crippen LogP contribution >= 0.6 is 0 Å². The highest BCUT2D eigenvalue weighted by Crippen LogP contribution is 2.30. The third-order valence-electron chi connectivity index (χ3n) is 7.19. The molecule has 0 spiro atoms. The summed E-state index contributed by atoms with van der Waals surface area (Å²) < 4.78 is 45.2. The Labute approximate surface area is 228 Å². The predicted octanol–water partition coefficient (Wildman–Crippen LogP) is 0.977. The Morgan fingerprint density at radius 3 is 2.62 bits per heavy atom. The van der Waals surface area contributed by atoms with Gasteiger partial charge in [-0.1, -0.05) is 6.07 Å². The first-order valence-electron chi connectivity index (χ1n) is 12.8. The number of halogens is 2. The van der Waals surface area contributed by atoms with E-state index in [4.69, 9.17) is 14.2 Å². The highest BCUT2D eigenvalue weighted by molar-refractivity contribution is 5.99. The summed E-state index contributed by atoms with van der Waals surface area (Å²) in [5.74, 6) is -3.46. The number of carbonyl (C=O) groups is 3. The van der Waals surface area contributed by atoms with Crippen molar-refractivity contribution >= 4 is 17.9 Å². The summed E-state index contributed by atoms with van der Waals surface area (Å²) in [5, 5.41) is 2.44. The molecule has 5 rings (SSSR count). The molecule has 2 saturated heterocycles. The minimum absolute atomic E-state index is 0.0132. The van der Waals surface area contributed by atoms with Crippen molar-refractivity contribution < 1.29 is 37.4 Å². The maximum absolute atomic E-state index is 14.0. The topological polar surface area (TPSA) is 123 Å². The molecule has 4 heterocycles. The van der Waals surface area contributed by atoms with Crippen LogP contribution in [0.25, 0.3) is 0 Å². The van der Waals surface area contributed by atoms with Gasteiger partial charge in [0.1, 0.15) is 17.2 Å². The van der Waals surface area contributed by atoms with E-state index in [-0.39, 0.29) is 36.0 Å². The van der Waals surface area contributed by atoms with Crippen LogP contribution in [0.4, 0.5) is 13.6 Å². The van der Waals surface area contributed by atoms with Crippen molar-refractivity contribution in [3.63, 3.8) is 0 Å². The van der Waals surface area contributed by atoms with E-state index in [1.807, 2.05) is 7.05 Å². The largest absolute Gasteiger partial charge is 0.451 e. The van der Waals surface area contributed by atoms with E-state index in [0.717, 1.165) is 6.07 Å².